The Morgan fingerprint density at radius 2 is 1.62 bits per heavy atom. The van der Waals surface area contributed by atoms with E-state index in [2.05, 4.69) is 0 Å². The number of hydrogen-bond donors (Lipinski definition) is 1. The Hall–Kier alpha value is -3.33. The van der Waals surface area contributed by atoms with Crippen LogP contribution in [-0.2, 0) is 4.79 Å². The monoisotopic (exact) mass is 382 g/mol. The van der Waals surface area contributed by atoms with Gasteiger partial charge in [-0.3, -0.25) is 4.79 Å². The van der Waals surface area contributed by atoms with Crippen LogP contribution in [0, 0.1) is 5.41 Å². The molecule has 0 unspecified atom stereocenters. The van der Waals surface area contributed by atoms with Gasteiger partial charge in [0, 0.05) is 29.4 Å². The number of aliphatic hydroxyl groups excluding tert-OH is 1. The van der Waals surface area contributed by atoms with Gasteiger partial charge in [-0.25, -0.2) is 0 Å². The summed E-state index contributed by atoms with van der Waals surface area (Å²) in [5, 5.41) is 13.9. The van der Waals surface area contributed by atoms with Crippen molar-refractivity contribution in [3.8, 4) is 11.3 Å². The number of hydrogen-bond acceptors (Lipinski definition) is 3. The van der Waals surface area contributed by atoms with Gasteiger partial charge in [-0.1, -0.05) is 74.5 Å². The topological polar surface area (TPSA) is 50.4 Å². The second-order valence-corrected chi connectivity index (χ2v) is 8.59. The van der Waals surface area contributed by atoms with Crippen LogP contribution in [0.3, 0.4) is 0 Å². The molecule has 1 aromatic heterocycles. The number of carbonyl (C=O) groups excluding carboxylic acids is 1. The first-order chi connectivity index (χ1) is 13.9. The van der Waals surface area contributed by atoms with Gasteiger partial charge in [0.25, 0.3) is 0 Å². The highest BCUT2D eigenvalue weighted by molar-refractivity contribution is 6.29. The normalized spacial score (nSPS) is 16.7. The molecule has 5 rings (SSSR count). The highest BCUT2D eigenvalue weighted by Crippen LogP contribution is 2.47. The molecule has 0 amide bonds. The molecule has 0 saturated heterocycles. The van der Waals surface area contributed by atoms with Gasteiger partial charge in [-0.05, 0) is 22.3 Å². The van der Waals surface area contributed by atoms with Crippen LogP contribution in [0.25, 0.3) is 38.6 Å². The lowest BCUT2D eigenvalue weighted by molar-refractivity contribution is -0.116. The van der Waals surface area contributed by atoms with E-state index in [1.54, 1.807) is 0 Å². The van der Waals surface area contributed by atoms with E-state index < -0.39 is 0 Å². The third-order valence-corrected chi connectivity index (χ3v) is 5.72. The largest absolute Gasteiger partial charge is 0.512 e. The second kappa shape index (κ2) is 6.35. The number of Topliss-reactive ketones (excluding diaryl/α,β-unsaturated/α-hetero) is 1. The molecule has 1 heterocycles. The maximum atomic E-state index is 13.2. The number of allylic oxidation sites excluding steroid dienone is 2. The number of carbonyl (C=O) groups is 1. The van der Waals surface area contributed by atoms with Crippen molar-refractivity contribution in [1.82, 2.24) is 0 Å². The van der Waals surface area contributed by atoms with Crippen LogP contribution < -0.4 is 0 Å². The third-order valence-electron chi connectivity index (χ3n) is 5.72. The van der Waals surface area contributed by atoms with Crippen molar-refractivity contribution in [1.29, 1.82) is 0 Å². The average molecular weight is 382 g/mol. The van der Waals surface area contributed by atoms with Gasteiger partial charge in [-0.2, -0.15) is 0 Å². The van der Waals surface area contributed by atoms with Crippen molar-refractivity contribution in [3.63, 3.8) is 0 Å². The van der Waals surface area contributed by atoms with Crippen LogP contribution in [0.1, 0.15) is 32.3 Å². The molecule has 0 spiro atoms. The molecule has 0 atom stereocenters. The van der Waals surface area contributed by atoms with Crippen molar-refractivity contribution < 1.29 is 14.3 Å². The Balaban J connectivity index is 1.92. The molecule has 0 bridgehead atoms. The minimum Gasteiger partial charge on any atom is -0.512 e. The molecule has 0 saturated carbocycles. The summed E-state index contributed by atoms with van der Waals surface area (Å²) in [5.74, 6) is 0.747. The van der Waals surface area contributed by atoms with E-state index in [9.17, 15) is 9.90 Å². The number of aliphatic hydroxyl groups is 1. The van der Waals surface area contributed by atoms with Gasteiger partial charge in [0.1, 0.15) is 17.1 Å². The molecule has 1 aliphatic carbocycles. The van der Waals surface area contributed by atoms with Gasteiger partial charge in [0.15, 0.2) is 5.78 Å². The fourth-order valence-electron chi connectivity index (χ4n) is 4.47. The van der Waals surface area contributed by atoms with E-state index in [-0.39, 0.29) is 17.0 Å². The summed E-state index contributed by atoms with van der Waals surface area (Å²) in [6, 6.07) is 21.8. The van der Waals surface area contributed by atoms with Crippen molar-refractivity contribution >= 4 is 33.1 Å². The minimum atomic E-state index is -0.251. The molecule has 1 aliphatic rings. The number of benzene rings is 3. The van der Waals surface area contributed by atoms with E-state index in [0.717, 1.165) is 27.3 Å². The number of fused-ring (bicyclic) bond motifs is 3. The maximum absolute atomic E-state index is 13.2. The van der Waals surface area contributed by atoms with Crippen molar-refractivity contribution in [3.05, 3.63) is 78.1 Å². The highest BCUT2D eigenvalue weighted by atomic mass is 16.3. The van der Waals surface area contributed by atoms with Crippen LogP contribution in [-0.4, -0.2) is 10.9 Å². The zero-order chi connectivity index (χ0) is 20.2. The molecule has 0 fully saturated rings. The van der Waals surface area contributed by atoms with Crippen LogP contribution in [0.15, 0.2) is 76.9 Å². The van der Waals surface area contributed by atoms with Gasteiger partial charge >= 0.3 is 0 Å². The smallest absolute Gasteiger partial charge is 0.167 e. The summed E-state index contributed by atoms with van der Waals surface area (Å²) in [6.45, 7) is 4.03. The predicted octanol–water partition coefficient (Wildman–Crippen LogP) is 6.91. The molecule has 4 aromatic rings. The Bertz CT molecular complexity index is 1290. The first-order valence-corrected chi connectivity index (χ1v) is 9.90. The van der Waals surface area contributed by atoms with Gasteiger partial charge < -0.3 is 9.52 Å². The van der Waals surface area contributed by atoms with Gasteiger partial charge in [-0.15, -0.1) is 0 Å². The van der Waals surface area contributed by atoms with Crippen LogP contribution >= 0.6 is 0 Å². The fourth-order valence-corrected chi connectivity index (χ4v) is 4.47. The van der Waals surface area contributed by atoms with E-state index in [1.807, 2.05) is 80.6 Å². The molecule has 0 radical (unpaired) electrons. The van der Waals surface area contributed by atoms with Crippen LogP contribution in [0.2, 0.25) is 0 Å². The molecule has 29 heavy (non-hydrogen) atoms. The standard InChI is InChI=1S/C26H22O3/c1-26(2)14-19(27)23(20(28)15-26)24-22-18-11-7-6-8-16(18)12-13-21(22)29-25(24)17-9-4-3-5-10-17/h3-13,27H,14-15H2,1-2H3. The van der Waals surface area contributed by atoms with Crippen LogP contribution in [0.5, 0.6) is 0 Å². The van der Waals surface area contributed by atoms with Crippen molar-refractivity contribution in [2.24, 2.45) is 5.41 Å². The summed E-state index contributed by atoms with van der Waals surface area (Å²) in [7, 11) is 0. The minimum absolute atomic E-state index is 0.0356. The quantitative estimate of drug-likeness (QED) is 0.410. The van der Waals surface area contributed by atoms with Gasteiger partial charge in [0.05, 0.1) is 5.57 Å². The van der Waals surface area contributed by atoms with Gasteiger partial charge in [0.2, 0.25) is 0 Å². The lowest BCUT2D eigenvalue weighted by atomic mass is 9.74. The maximum Gasteiger partial charge on any atom is 0.167 e. The molecular formula is C26H22O3. The van der Waals surface area contributed by atoms with E-state index >= 15 is 0 Å². The van der Waals surface area contributed by atoms with Crippen molar-refractivity contribution in [2.75, 3.05) is 0 Å². The summed E-state index contributed by atoms with van der Waals surface area (Å²) < 4.78 is 6.30. The third kappa shape index (κ3) is 2.85. The summed E-state index contributed by atoms with van der Waals surface area (Å²) in [6.07, 6.45) is 0.873. The molecule has 0 aliphatic heterocycles. The molecular weight excluding hydrogens is 360 g/mol. The molecule has 1 N–H and O–H groups in total. The Morgan fingerprint density at radius 3 is 2.38 bits per heavy atom. The SMILES string of the molecule is CC1(C)CC(=O)C(c2c(-c3ccccc3)oc3ccc4ccccc4c23)=C(O)C1. The molecule has 3 heteroatoms. The lowest BCUT2D eigenvalue weighted by Crippen LogP contribution is -2.25. The number of rotatable bonds is 2. The molecule has 144 valence electrons. The Morgan fingerprint density at radius 1 is 0.897 bits per heavy atom. The molecule has 3 aromatic carbocycles. The zero-order valence-corrected chi connectivity index (χ0v) is 16.5. The summed E-state index contributed by atoms with van der Waals surface area (Å²) >= 11 is 0. The molecule has 3 nitrogen and oxygen atoms in total. The first kappa shape index (κ1) is 17.7. The summed E-state index contributed by atoms with van der Waals surface area (Å²) in [5.41, 5.74) is 2.47. The van der Waals surface area contributed by atoms with E-state index in [0.29, 0.717) is 29.7 Å². The lowest BCUT2D eigenvalue weighted by Gasteiger charge is -2.29. The zero-order valence-electron chi connectivity index (χ0n) is 16.5. The predicted molar refractivity (Wildman–Crippen MR) is 117 cm³/mol. The Labute approximate surface area is 169 Å². The highest BCUT2D eigenvalue weighted by Gasteiger charge is 2.36. The average Bonchev–Trinajstić information content (AvgIpc) is 3.07. The fraction of sp³-hybridized carbons (Fsp3) is 0.192. The first-order valence-electron chi connectivity index (χ1n) is 9.90. The second-order valence-electron chi connectivity index (χ2n) is 8.59. The van der Waals surface area contributed by atoms with E-state index in [1.165, 1.54) is 0 Å². The number of furan rings is 1. The van der Waals surface area contributed by atoms with Crippen molar-refractivity contribution in [2.45, 2.75) is 26.7 Å². The van der Waals surface area contributed by atoms with Crippen LogP contribution in [0.4, 0.5) is 0 Å². The summed E-state index contributed by atoms with van der Waals surface area (Å²) in [4.78, 5) is 13.2. The Kier molecular flexibility index (Phi) is 3.88. The number of ketones is 1. The van der Waals surface area contributed by atoms with E-state index in [4.69, 9.17) is 4.42 Å².